The zero-order chi connectivity index (χ0) is 14.3. The second-order valence-electron chi connectivity index (χ2n) is 3.88. The van der Waals surface area contributed by atoms with Crippen LogP contribution in [0.4, 0.5) is 0 Å². The van der Waals surface area contributed by atoms with Gasteiger partial charge in [0, 0.05) is 19.5 Å². The number of nitriles is 2. The van der Waals surface area contributed by atoms with Crippen molar-refractivity contribution in [3.8, 4) is 12.1 Å². The van der Waals surface area contributed by atoms with E-state index in [9.17, 15) is 8.42 Å². The quantitative estimate of drug-likeness (QED) is 0.791. The molecule has 0 heterocycles. The Hall–Kier alpha value is -1.89. The molecule has 0 aliphatic carbocycles. The maximum Gasteiger partial charge on any atom is 0.243 e. The van der Waals surface area contributed by atoms with Crippen LogP contribution in [0.15, 0.2) is 29.2 Å². The SMILES string of the molecule is CCN(CCC#N)S(=O)(=O)c1ccc(CC#N)cc1. The molecule has 5 nitrogen and oxygen atoms in total. The largest absolute Gasteiger partial charge is 0.243 e. The van der Waals surface area contributed by atoms with Gasteiger partial charge in [0.15, 0.2) is 0 Å². The summed E-state index contributed by atoms with van der Waals surface area (Å²) in [6.07, 6.45) is 0.422. The predicted octanol–water partition coefficient (Wildman–Crippen LogP) is 1.68. The van der Waals surface area contributed by atoms with Crippen LogP contribution in [0, 0.1) is 22.7 Å². The van der Waals surface area contributed by atoms with Gasteiger partial charge in [-0.1, -0.05) is 19.1 Å². The number of benzene rings is 1. The van der Waals surface area contributed by atoms with Gasteiger partial charge in [0.05, 0.1) is 23.5 Å². The van der Waals surface area contributed by atoms with Gasteiger partial charge in [-0.25, -0.2) is 8.42 Å². The average Bonchev–Trinajstić information content (AvgIpc) is 2.40. The highest BCUT2D eigenvalue weighted by molar-refractivity contribution is 7.89. The minimum Gasteiger partial charge on any atom is -0.207 e. The van der Waals surface area contributed by atoms with Gasteiger partial charge in [0.2, 0.25) is 10.0 Å². The molecule has 0 saturated carbocycles. The van der Waals surface area contributed by atoms with Crippen LogP contribution in [0.3, 0.4) is 0 Å². The van der Waals surface area contributed by atoms with Crippen LogP contribution in [-0.2, 0) is 16.4 Å². The molecule has 0 fully saturated rings. The van der Waals surface area contributed by atoms with E-state index in [1.54, 1.807) is 19.1 Å². The van der Waals surface area contributed by atoms with Crippen LogP contribution in [-0.4, -0.2) is 25.8 Å². The minimum absolute atomic E-state index is 0.166. The molecule has 19 heavy (non-hydrogen) atoms. The Morgan fingerprint density at radius 1 is 1.16 bits per heavy atom. The van der Waals surface area contributed by atoms with Gasteiger partial charge in [-0.3, -0.25) is 0 Å². The lowest BCUT2D eigenvalue weighted by Gasteiger charge is -2.19. The second kappa shape index (κ2) is 6.89. The summed E-state index contributed by atoms with van der Waals surface area (Å²) in [7, 11) is -3.56. The first kappa shape index (κ1) is 15.2. The molecule has 0 aliphatic rings. The van der Waals surface area contributed by atoms with Gasteiger partial charge in [-0.05, 0) is 17.7 Å². The van der Waals surface area contributed by atoms with E-state index in [1.807, 2.05) is 12.1 Å². The van der Waals surface area contributed by atoms with Gasteiger partial charge in [-0.15, -0.1) is 0 Å². The number of rotatable bonds is 6. The van der Waals surface area contributed by atoms with Crippen molar-refractivity contribution < 1.29 is 8.42 Å². The van der Waals surface area contributed by atoms with Crippen molar-refractivity contribution in [3.05, 3.63) is 29.8 Å². The molecule has 0 spiro atoms. The molecule has 0 N–H and O–H groups in total. The molecule has 0 saturated heterocycles. The molecule has 1 aromatic carbocycles. The predicted molar refractivity (Wildman–Crippen MR) is 70.4 cm³/mol. The Morgan fingerprint density at radius 3 is 2.26 bits per heavy atom. The van der Waals surface area contributed by atoms with E-state index in [1.165, 1.54) is 16.4 Å². The lowest BCUT2D eigenvalue weighted by molar-refractivity contribution is 0.435. The molecule has 6 heteroatoms. The van der Waals surface area contributed by atoms with Crippen LogP contribution < -0.4 is 0 Å². The van der Waals surface area contributed by atoms with E-state index < -0.39 is 10.0 Å². The highest BCUT2D eigenvalue weighted by Crippen LogP contribution is 2.16. The fraction of sp³-hybridized carbons (Fsp3) is 0.385. The van der Waals surface area contributed by atoms with E-state index in [0.29, 0.717) is 6.54 Å². The Kier molecular flexibility index (Phi) is 5.50. The van der Waals surface area contributed by atoms with Crippen LogP contribution in [0.1, 0.15) is 18.9 Å². The van der Waals surface area contributed by atoms with E-state index in [-0.39, 0.29) is 24.3 Å². The maximum atomic E-state index is 12.3. The van der Waals surface area contributed by atoms with Crippen molar-refractivity contribution in [3.63, 3.8) is 0 Å². The summed E-state index contributed by atoms with van der Waals surface area (Å²) in [5, 5.41) is 17.1. The van der Waals surface area contributed by atoms with Crippen LogP contribution in [0.5, 0.6) is 0 Å². The molecule has 0 atom stereocenters. The lowest BCUT2D eigenvalue weighted by atomic mass is 10.2. The second-order valence-corrected chi connectivity index (χ2v) is 5.82. The van der Waals surface area contributed by atoms with Crippen molar-refractivity contribution in [1.82, 2.24) is 4.31 Å². The molecule has 0 amide bonds. The van der Waals surface area contributed by atoms with E-state index in [0.717, 1.165) is 5.56 Å². The summed E-state index contributed by atoms with van der Waals surface area (Å²) in [6.45, 7) is 2.25. The highest BCUT2D eigenvalue weighted by Gasteiger charge is 2.22. The molecule has 100 valence electrons. The van der Waals surface area contributed by atoms with Crippen molar-refractivity contribution in [1.29, 1.82) is 10.5 Å². The number of hydrogen-bond donors (Lipinski definition) is 0. The summed E-state index contributed by atoms with van der Waals surface area (Å²) < 4.78 is 25.9. The van der Waals surface area contributed by atoms with Crippen LogP contribution in [0.2, 0.25) is 0 Å². The number of hydrogen-bond acceptors (Lipinski definition) is 4. The Morgan fingerprint density at radius 2 is 1.79 bits per heavy atom. The zero-order valence-corrected chi connectivity index (χ0v) is 11.5. The first-order chi connectivity index (χ1) is 9.06. The number of nitrogens with zero attached hydrogens (tertiary/aromatic N) is 3. The molecule has 0 aromatic heterocycles. The van der Waals surface area contributed by atoms with Crippen LogP contribution in [0.25, 0.3) is 0 Å². The summed E-state index contributed by atoms with van der Waals surface area (Å²) >= 11 is 0. The lowest BCUT2D eigenvalue weighted by Crippen LogP contribution is -2.31. The molecule has 0 aliphatic heterocycles. The molecule has 0 radical (unpaired) electrons. The minimum atomic E-state index is -3.56. The molecule has 1 rings (SSSR count). The third-order valence-corrected chi connectivity index (χ3v) is 4.66. The fourth-order valence-corrected chi connectivity index (χ4v) is 3.09. The summed E-state index contributed by atoms with van der Waals surface area (Å²) in [5.41, 5.74) is 0.779. The topological polar surface area (TPSA) is 85.0 Å². The van der Waals surface area contributed by atoms with Crippen molar-refractivity contribution in [2.75, 3.05) is 13.1 Å². The normalized spacial score (nSPS) is 10.9. The van der Waals surface area contributed by atoms with Crippen molar-refractivity contribution >= 4 is 10.0 Å². The van der Waals surface area contributed by atoms with Crippen molar-refractivity contribution in [2.24, 2.45) is 0 Å². The van der Waals surface area contributed by atoms with Crippen LogP contribution >= 0.6 is 0 Å². The van der Waals surface area contributed by atoms with Gasteiger partial charge < -0.3 is 0 Å². The van der Waals surface area contributed by atoms with Crippen molar-refractivity contribution in [2.45, 2.75) is 24.7 Å². The zero-order valence-electron chi connectivity index (χ0n) is 10.7. The third kappa shape index (κ3) is 3.78. The molecule has 0 unspecified atom stereocenters. The summed E-state index contributed by atoms with van der Waals surface area (Å²) in [5.74, 6) is 0. The summed E-state index contributed by atoms with van der Waals surface area (Å²) in [4.78, 5) is 0.189. The Bertz CT molecular complexity index is 594. The average molecular weight is 277 g/mol. The van der Waals surface area contributed by atoms with E-state index in [2.05, 4.69) is 0 Å². The summed E-state index contributed by atoms with van der Waals surface area (Å²) in [6, 6.07) is 10.2. The smallest absolute Gasteiger partial charge is 0.207 e. The molecular formula is C13H15N3O2S. The fourth-order valence-electron chi connectivity index (χ4n) is 1.64. The first-order valence-electron chi connectivity index (χ1n) is 5.89. The highest BCUT2D eigenvalue weighted by atomic mass is 32.2. The molecule has 0 bridgehead atoms. The van der Waals surface area contributed by atoms with E-state index >= 15 is 0 Å². The molecule has 1 aromatic rings. The standard InChI is InChI=1S/C13H15N3O2S/c1-2-16(11-3-9-14)19(17,18)13-6-4-12(5-7-13)8-10-15/h4-7H,2-3,8,11H2,1H3. The monoisotopic (exact) mass is 277 g/mol. The maximum absolute atomic E-state index is 12.3. The Balaban J connectivity index is 2.99. The van der Waals surface area contributed by atoms with E-state index in [4.69, 9.17) is 10.5 Å². The van der Waals surface area contributed by atoms with Gasteiger partial charge in [0.25, 0.3) is 0 Å². The van der Waals surface area contributed by atoms with Gasteiger partial charge in [-0.2, -0.15) is 14.8 Å². The first-order valence-corrected chi connectivity index (χ1v) is 7.33. The van der Waals surface area contributed by atoms with Gasteiger partial charge in [0.1, 0.15) is 0 Å². The molecular weight excluding hydrogens is 262 g/mol. The third-order valence-electron chi connectivity index (χ3n) is 2.67. The van der Waals surface area contributed by atoms with Gasteiger partial charge >= 0.3 is 0 Å². The number of sulfonamides is 1. The Labute approximate surface area is 113 Å².